The molecule has 0 aromatic carbocycles. The maximum Gasteiger partial charge on any atom is -0.0266 e. The molecule has 0 saturated heterocycles. The van der Waals surface area contributed by atoms with Gasteiger partial charge in [-0.05, 0) is 152 Å². The summed E-state index contributed by atoms with van der Waals surface area (Å²) in [5.74, 6) is 17.5. The molecule has 21 atom stereocenters. The molecule has 0 heterocycles. The van der Waals surface area contributed by atoms with Gasteiger partial charge in [-0.2, -0.15) is 0 Å². The molecule has 0 radical (unpaired) electrons. The van der Waals surface area contributed by atoms with Crippen LogP contribution in [-0.4, -0.2) is 0 Å². The van der Waals surface area contributed by atoms with E-state index in [0.29, 0.717) is 21.7 Å². The van der Waals surface area contributed by atoms with Gasteiger partial charge in [0.25, 0.3) is 0 Å². The van der Waals surface area contributed by atoms with Crippen molar-refractivity contribution in [2.75, 3.05) is 0 Å². The lowest BCUT2D eigenvalue weighted by molar-refractivity contribution is -0.124. The topological polar surface area (TPSA) is 0 Å². The molecular formula is C47H86. The maximum atomic E-state index is 2.76. The van der Waals surface area contributed by atoms with Gasteiger partial charge in [0.15, 0.2) is 0 Å². The lowest BCUT2D eigenvalue weighted by atomic mass is 9.44. The van der Waals surface area contributed by atoms with Crippen molar-refractivity contribution in [3.8, 4) is 0 Å². The summed E-state index contributed by atoms with van der Waals surface area (Å²) in [5, 5.41) is 0. The van der Waals surface area contributed by atoms with E-state index in [0.717, 1.165) is 124 Å². The van der Waals surface area contributed by atoms with E-state index in [2.05, 4.69) is 145 Å². The predicted octanol–water partition coefficient (Wildman–Crippen LogP) is 13.7. The first-order valence-electron chi connectivity index (χ1n) is 21.3. The zero-order valence-corrected chi connectivity index (χ0v) is 35.8. The minimum absolute atomic E-state index is 0.380. The molecule has 0 aliphatic heterocycles. The Kier molecular flexibility index (Phi) is 9.79. The Morgan fingerprint density at radius 3 is 0.957 bits per heavy atom. The SMILES string of the molecule is CC1C(C)C(C(C)[C@@H]2C(C)C3C(C)[C@H](C)C(C)(C)C(C)(C)C3C2C)CC(C(C)[C@@H]2C(C)C3C(C)[C@H](C)C(C)(C)C(C)(C)[C@@H]3C2C)C1C. The monoisotopic (exact) mass is 651 g/mol. The van der Waals surface area contributed by atoms with E-state index >= 15 is 0 Å². The number of rotatable bonds is 4. The Balaban J connectivity index is 1.44. The van der Waals surface area contributed by atoms with Gasteiger partial charge in [-0.15, -0.1) is 0 Å². The minimum atomic E-state index is 0.380. The summed E-state index contributed by atoms with van der Waals surface area (Å²) in [6.07, 6.45) is 1.48. The van der Waals surface area contributed by atoms with E-state index in [4.69, 9.17) is 0 Å². The Bertz CT molecular complexity index is 1030. The van der Waals surface area contributed by atoms with Crippen LogP contribution in [0.4, 0.5) is 0 Å². The molecule has 5 saturated carbocycles. The molecule has 5 fully saturated rings. The third kappa shape index (κ3) is 4.96. The van der Waals surface area contributed by atoms with Crippen molar-refractivity contribution in [1.82, 2.24) is 0 Å². The molecular weight excluding hydrogens is 565 g/mol. The molecule has 0 spiro atoms. The second-order valence-corrected chi connectivity index (χ2v) is 22.8. The van der Waals surface area contributed by atoms with E-state index in [1.54, 1.807) is 0 Å². The van der Waals surface area contributed by atoms with Crippen molar-refractivity contribution in [2.45, 2.75) is 152 Å². The fourth-order valence-electron chi connectivity index (χ4n) is 17.1. The molecule has 0 N–H and O–H groups in total. The second kappa shape index (κ2) is 12.0. The van der Waals surface area contributed by atoms with Gasteiger partial charge in [-0.3, -0.25) is 0 Å². The van der Waals surface area contributed by atoms with Crippen LogP contribution in [0.25, 0.3) is 0 Å². The van der Waals surface area contributed by atoms with Crippen molar-refractivity contribution in [2.24, 2.45) is 146 Å². The summed E-state index contributed by atoms with van der Waals surface area (Å²) in [6.45, 7) is 56.0. The van der Waals surface area contributed by atoms with Gasteiger partial charge in [-0.1, -0.05) is 145 Å². The fraction of sp³-hybridized carbons (Fsp3) is 1.00. The van der Waals surface area contributed by atoms with Crippen molar-refractivity contribution < 1.29 is 0 Å². The summed E-state index contributed by atoms with van der Waals surface area (Å²) >= 11 is 0. The molecule has 5 aliphatic rings. The molecule has 5 aliphatic carbocycles. The van der Waals surface area contributed by atoms with Crippen LogP contribution in [-0.2, 0) is 0 Å². The average molecular weight is 651 g/mol. The molecule has 0 aromatic rings. The van der Waals surface area contributed by atoms with Crippen molar-refractivity contribution in [3.05, 3.63) is 0 Å². The van der Waals surface area contributed by atoms with Crippen molar-refractivity contribution in [1.29, 1.82) is 0 Å². The Labute approximate surface area is 296 Å². The predicted molar refractivity (Wildman–Crippen MR) is 207 cm³/mol. The van der Waals surface area contributed by atoms with Crippen LogP contribution in [0.5, 0.6) is 0 Å². The zero-order valence-electron chi connectivity index (χ0n) is 35.8. The summed E-state index contributed by atoms with van der Waals surface area (Å²) in [7, 11) is 0. The molecule has 16 unspecified atom stereocenters. The van der Waals surface area contributed by atoms with Crippen LogP contribution >= 0.6 is 0 Å². The van der Waals surface area contributed by atoms with Crippen LogP contribution in [0.2, 0.25) is 0 Å². The standard InChI is InChI=1S/C47H86/c1-23-24(2)36(28(6)38-30(8)40-26(4)34(12)44(14,15)46(18,19)42(40)32(38)10)22-37(25(23)3)29(7)39-31(9)41-27(5)35(13)45(16,17)47(20,21)43(41)33(39)11/h23-43H,22H2,1-21H3/t23?,24?,25?,26?,27?,28?,29?,30?,31?,32?,33?,34-,35-,36?,37?,38+,39+,40?,41?,42+,43?/m0/s1. The zero-order chi connectivity index (χ0) is 35.8. The largest absolute Gasteiger partial charge is 0.0620 e. The Morgan fingerprint density at radius 1 is 0.362 bits per heavy atom. The number of hydrogen-bond acceptors (Lipinski definition) is 0. The molecule has 0 bridgehead atoms. The van der Waals surface area contributed by atoms with Crippen LogP contribution in [0.3, 0.4) is 0 Å². The van der Waals surface area contributed by atoms with Gasteiger partial charge in [0, 0.05) is 0 Å². The summed E-state index contributed by atoms with van der Waals surface area (Å²) in [6, 6.07) is 0. The van der Waals surface area contributed by atoms with Gasteiger partial charge in [-0.25, -0.2) is 0 Å². The van der Waals surface area contributed by atoms with Crippen LogP contribution < -0.4 is 0 Å². The first kappa shape index (κ1) is 38.2. The third-order valence-electron chi connectivity index (χ3n) is 21.8. The lowest BCUT2D eigenvalue weighted by Crippen LogP contribution is -2.55. The Hall–Kier alpha value is 0. The van der Waals surface area contributed by atoms with E-state index in [-0.39, 0.29) is 0 Å². The molecule has 5 rings (SSSR count). The number of hydrogen-bond donors (Lipinski definition) is 0. The summed E-state index contributed by atoms with van der Waals surface area (Å²) in [4.78, 5) is 0. The van der Waals surface area contributed by atoms with E-state index < -0.39 is 0 Å². The highest BCUT2D eigenvalue weighted by Gasteiger charge is 2.66. The van der Waals surface area contributed by atoms with E-state index in [1.807, 2.05) is 0 Å². The van der Waals surface area contributed by atoms with Gasteiger partial charge >= 0.3 is 0 Å². The smallest absolute Gasteiger partial charge is 0.0266 e. The first-order valence-corrected chi connectivity index (χ1v) is 21.3. The fourth-order valence-corrected chi connectivity index (χ4v) is 17.1. The minimum Gasteiger partial charge on any atom is -0.0620 e. The number of fused-ring (bicyclic) bond motifs is 2. The molecule has 0 nitrogen and oxygen atoms in total. The molecule has 0 heteroatoms. The average Bonchev–Trinajstić information content (AvgIpc) is 3.40. The third-order valence-corrected chi connectivity index (χ3v) is 21.8. The van der Waals surface area contributed by atoms with Gasteiger partial charge in [0.1, 0.15) is 0 Å². The highest BCUT2D eigenvalue weighted by molar-refractivity contribution is 5.14. The second-order valence-electron chi connectivity index (χ2n) is 22.8. The normalized spacial score (nSPS) is 56.0. The highest BCUT2D eigenvalue weighted by atomic mass is 14.7. The van der Waals surface area contributed by atoms with E-state index in [9.17, 15) is 0 Å². The quantitative estimate of drug-likeness (QED) is 0.284. The van der Waals surface area contributed by atoms with Crippen molar-refractivity contribution in [3.63, 3.8) is 0 Å². The maximum absolute atomic E-state index is 2.76. The first-order chi connectivity index (χ1) is 21.3. The van der Waals surface area contributed by atoms with Gasteiger partial charge in [0.2, 0.25) is 0 Å². The van der Waals surface area contributed by atoms with Crippen molar-refractivity contribution >= 4 is 0 Å². The molecule has 274 valence electrons. The molecule has 0 aromatic heterocycles. The lowest BCUT2D eigenvalue weighted by Gasteiger charge is -2.60. The summed E-state index contributed by atoms with van der Waals surface area (Å²) < 4.78 is 0. The van der Waals surface area contributed by atoms with Crippen LogP contribution in [0.15, 0.2) is 0 Å². The molecule has 47 heavy (non-hydrogen) atoms. The highest BCUT2D eigenvalue weighted by Crippen LogP contribution is 2.71. The Morgan fingerprint density at radius 2 is 0.660 bits per heavy atom. The van der Waals surface area contributed by atoms with Gasteiger partial charge in [0.05, 0.1) is 0 Å². The van der Waals surface area contributed by atoms with Gasteiger partial charge < -0.3 is 0 Å². The summed E-state index contributed by atoms with van der Waals surface area (Å²) in [5.41, 5.74) is 1.52. The molecule has 0 amide bonds. The van der Waals surface area contributed by atoms with Crippen LogP contribution in [0.1, 0.15) is 152 Å². The van der Waals surface area contributed by atoms with E-state index in [1.165, 1.54) is 6.42 Å². The van der Waals surface area contributed by atoms with Crippen LogP contribution in [0, 0.1) is 146 Å².